The Hall–Kier alpha value is 0.459. The van der Waals surface area contributed by atoms with Crippen LogP contribution in [0.3, 0.4) is 0 Å². The number of rotatable bonds is 2. The summed E-state index contributed by atoms with van der Waals surface area (Å²) in [5.74, 6) is 0. The van der Waals surface area contributed by atoms with E-state index in [1.807, 2.05) is 0 Å². The molecule has 3 heteroatoms. The Balaban J connectivity index is 2.22. The molecule has 0 unspecified atom stereocenters. The molecule has 0 bridgehead atoms. The third-order valence-electron chi connectivity index (χ3n) is 3.15. The fourth-order valence-electron chi connectivity index (χ4n) is 2.26. The van der Waals surface area contributed by atoms with E-state index in [0.717, 1.165) is 0 Å². The second-order valence-corrected chi connectivity index (χ2v) is 13.2. The SMILES string of the molecule is Cl[P@@](=[Se])(c1ccccc1)C1CCCCC1. The normalized spacial score (nSPS) is 22.2. The zero-order chi connectivity index (χ0) is 10.7. The number of benzene rings is 1. The molecule has 0 aliphatic heterocycles. The van der Waals surface area contributed by atoms with Gasteiger partial charge in [-0.1, -0.05) is 0 Å². The third kappa shape index (κ3) is 2.77. The molecule has 0 nitrogen and oxygen atoms in total. The number of hydrogen-bond donors (Lipinski definition) is 0. The van der Waals surface area contributed by atoms with Crippen LogP contribution >= 0.6 is 16.1 Å². The summed E-state index contributed by atoms with van der Waals surface area (Å²) in [6.45, 7) is 0. The molecule has 1 aromatic carbocycles. The van der Waals surface area contributed by atoms with Crippen molar-refractivity contribution >= 4 is 36.5 Å². The number of halogens is 1. The molecule has 1 aliphatic carbocycles. The topological polar surface area (TPSA) is 0 Å². The standard InChI is InChI=1S/C12H16ClPSe/c13-14(15,11-7-3-1-4-8-11)12-9-5-2-6-10-12/h1,3-4,7-8,12H,2,5-6,9-10H2/t14-/m1/s1. The molecule has 0 spiro atoms. The summed E-state index contributed by atoms with van der Waals surface area (Å²) < 4.78 is 0. The van der Waals surface area contributed by atoms with Crippen molar-refractivity contribution in [3.8, 4) is 0 Å². The molecule has 1 aromatic rings. The zero-order valence-electron chi connectivity index (χ0n) is 8.73. The first-order valence-electron chi connectivity index (χ1n) is 5.56. The van der Waals surface area contributed by atoms with Crippen molar-refractivity contribution < 1.29 is 0 Å². The third-order valence-corrected chi connectivity index (χ3v) is 10.2. The summed E-state index contributed by atoms with van der Waals surface area (Å²) in [6.07, 6.45) is 6.71. The first-order valence-corrected chi connectivity index (χ1v) is 10.5. The van der Waals surface area contributed by atoms with Crippen molar-refractivity contribution in [2.45, 2.75) is 37.8 Å². The van der Waals surface area contributed by atoms with Crippen molar-refractivity contribution in [2.75, 3.05) is 0 Å². The molecule has 82 valence electrons. The Bertz CT molecular complexity index is 357. The Morgan fingerprint density at radius 3 is 2.27 bits per heavy atom. The molecule has 15 heavy (non-hydrogen) atoms. The molecule has 0 radical (unpaired) electrons. The molecule has 1 atom stereocenters. The average molecular weight is 306 g/mol. The summed E-state index contributed by atoms with van der Waals surface area (Å²) >= 11 is 10.1. The Morgan fingerprint density at radius 2 is 1.67 bits per heavy atom. The summed E-state index contributed by atoms with van der Waals surface area (Å²) in [5.41, 5.74) is 0.704. The molecule has 1 saturated carbocycles. The quantitative estimate of drug-likeness (QED) is 0.574. The van der Waals surface area contributed by atoms with Crippen LogP contribution in [0.25, 0.3) is 0 Å². The van der Waals surface area contributed by atoms with Gasteiger partial charge in [-0.25, -0.2) is 0 Å². The zero-order valence-corrected chi connectivity index (χ0v) is 12.1. The van der Waals surface area contributed by atoms with Gasteiger partial charge in [0.15, 0.2) is 0 Å². The van der Waals surface area contributed by atoms with Crippen LogP contribution < -0.4 is 5.30 Å². The van der Waals surface area contributed by atoms with Crippen LogP contribution in [0.5, 0.6) is 0 Å². The van der Waals surface area contributed by atoms with E-state index in [2.05, 4.69) is 45.4 Å². The van der Waals surface area contributed by atoms with Crippen LogP contribution in [0.2, 0.25) is 0 Å². The molecule has 2 rings (SSSR count). The van der Waals surface area contributed by atoms with Crippen molar-refractivity contribution in [3.05, 3.63) is 30.3 Å². The van der Waals surface area contributed by atoms with Crippen molar-refractivity contribution in [3.63, 3.8) is 0 Å². The summed E-state index contributed by atoms with van der Waals surface area (Å²) in [6, 6.07) is 10.6. The predicted molar refractivity (Wildman–Crippen MR) is 71.5 cm³/mol. The summed E-state index contributed by atoms with van der Waals surface area (Å²) in [5, 5.41) is 1.33. The maximum absolute atomic E-state index is 6.80. The molecule has 0 N–H and O–H groups in total. The van der Waals surface area contributed by atoms with Crippen LogP contribution in [0.4, 0.5) is 0 Å². The van der Waals surface area contributed by atoms with Gasteiger partial charge >= 0.3 is 105 Å². The van der Waals surface area contributed by atoms with E-state index < -0.39 is 4.86 Å². The first kappa shape index (κ1) is 11.9. The van der Waals surface area contributed by atoms with Crippen molar-refractivity contribution in [2.24, 2.45) is 0 Å². The van der Waals surface area contributed by atoms with Crippen LogP contribution in [0.1, 0.15) is 32.1 Å². The van der Waals surface area contributed by atoms with Gasteiger partial charge in [-0.05, 0) is 0 Å². The van der Waals surface area contributed by atoms with Crippen LogP contribution in [0.15, 0.2) is 30.3 Å². The Morgan fingerprint density at radius 1 is 1.07 bits per heavy atom. The van der Waals surface area contributed by atoms with E-state index >= 15 is 0 Å². The van der Waals surface area contributed by atoms with Gasteiger partial charge in [-0.2, -0.15) is 0 Å². The molecule has 1 fully saturated rings. The molecule has 0 aromatic heterocycles. The Kier molecular flexibility index (Phi) is 4.13. The van der Waals surface area contributed by atoms with Gasteiger partial charge in [0.25, 0.3) is 0 Å². The van der Waals surface area contributed by atoms with Gasteiger partial charge in [-0.3, -0.25) is 0 Å². The van der Waals surface area contributed by atoms with E-state index in [0.29, 0.717) is 5.66 Å². The van der Waals surface area contributed by atoms with Crippen LogP contribution in [0, 0.1) is 0 Å². The van der Waals surface area contributed by atoms with Crippen LogP contribution in [-0.2, 0) is 0 Å². The summed E-state index contributed by atoms with van der Waals surface area (Å²) in [7, 11) is 0. The van der Waals surface area contributed by atoms with E-state index in [4.69, 9.17) is 11.2 Å². The molecule has 0 heterocycles. The summed E-state index contributed by atoms with van der Waals surface area (Å²) in [4.78, 5) is -1.52. The monoisotopic (exact) mass is 306 g/mol. The second-order valence-electron chi connectivity index (χ2n) is 4.20. The predicted octanol–water partition coefficient (Wildman–Crippen LogP) is 3.90. The maximum atomic E-state index is 6.80. The van der Waals surface area contributed by atoms with Gasteiger partial charge in [0.2, 0.25) is 0 Å². The van der Waals surface area contributed by atoms with Crippen molar-refractivity contribution in [1.82, 2.24) is 0 Å². The van der Waals surface area contributed by atoms with E-state index in [1.54, 1.807) is 0 Å². The molecular formula is C12H16ClPSe. The van der Waals surface area contributed by atoms with Gasteiger partial charge in [0.05, 0.1) is 0 Å². The Labute approximate surface area is 104 Å². The molecule has 0 amide bonds. The van der Waals surface area contributed by atoms with Crippen molar-refractivity contribution in [1.29, 1.82) is 0 Å². The first-order chi connectivity index (χ1) is 7.21. The number of hydrogen-bond acceptors (Lipinski definition) is 0. The van der Waals surface area contributed by atoms with Gasteiger partial charge < -0.3 is 0 Å². The molecular weight excluding hydrogens is 290 g/mol. The average Bonchev–Trinajstić information content (AvgIpc) is 2.31. The minimum absolute atomic E-state index is 0.704. The molecule has 1 aliphatic rings. The molecule has 0 saturated heterocycles. The van der Waals surface area contributed by atoms with E-state index in [-0.39, 0.29) is 0 Å². The second kappa shape index (κ2) is 5.19. The van der Waals surface area contributed by atoms with Crippen LogP contribution in [-0.4, -0.2) is 20.8 Å². The minimum atomic E-state index is -1.52. The van der Waals surface area contributed by atoms with Gasteiger partial charge in [0, 0.05) is 0 Å². The van der Waals surface area contributed by atoms with E-state index in [1.165, 1.54) is 37.4 Å². The van der Waals surface area contributed by atoms with Gasteiger partial charge in [-0.15, -0.1) is 0 Å². The van der Waals surface area contributed by atoms with E-state index in [9.17, 15) is 0 Å². The van der Waals surface area contributed by atoms with Gasteiger partial charge in [0.1, 0.15) is 0 Å². The fourth-order valence-corrected chi connectivity index (χ4v) is 7.30. The fraction of sp³-hybridized carbons (Fsp3) is 0.500.